The largest absolute Gasteiger partial charge is 0.358 e. The van der Waals surface area contributed by atoms with E-state index in [1.807, 2.05) is 6.92 Å². The third-order valence-electron chi connectivity index (χ3n) is 2.63. The standard InChI is InChI=1S/C10H18N4O/c1-8(5-11)7-14-4-3-13-6-9(14)10(15)12-2/h8-9,13H,3-4,6-7H2,1-2H3,(H,12,15). The first-order valence-electron chi connectivity index (χ1n) is 5.25. The highest BCUT2D eigenvalue weighted by Gasteiger charge is 2.28. The maximum absolute atomic E-state index is 11.6. The molecule has 5 nitrogen and oxygen atoms in total. The highest BCUT2D eigenvalue weighted by Crippen LogP contribution is 2.07. The molecule has 2 N–H and O–H groups in total. The number of hydrogen-bond donors (Lipinski definition) is 2. The Bertz CT molecular complexity index is 261. The van der Waals surface area contributed by atoms with Gasteiger partial charge in [0, 0.05) is 33.2 Å². The molecule has 0 aliphatic carbocycles. The highest BCUT2D eigenvalue weighted by atomic mass is 16.2. The van der Waals surface area contributed by atoms with Crippen LogP contribution in [0.25, 0.3) is 0 Å². The quantitative estimate of drug-likeness (QED) is 0.638. The van der Waals surface area contributed by atoms with Crippen LogP contribution in [0.2, 0.25) is 0 Å². The van der Waals surface area contributed by atoms with Crippen molar-refractivity contribution >= 4 is 5.91 Å². The zero-order valence-electron chi connectivity index (χ0n) is 9.29. The molecule has 0 aromatic heterocycles. The molecular weight excluding hydrogens is 192 g/mol. The summed E-state index contributed by atoms with van der Waals surface area (Å²) in [5.74, 6) is -0.0115. The van der Waals surface area contributed by atoms with Crippen molar-refractivity contribution in [2.24, 2.45) is 5.92 Å². The number of piperazine rings is 1. The molecule has 0 bridgehead atoms. The van der Waals surface area contributed by atoms with Crippen LogP contribution in [0.15, 0.2) is 0 Å². The minimum Gasteiger partial charge on any atom is -0.358 e. The molecule has 1 amide bonds. The first-order valence-corrected chi connectivity index (χ1v) is 5.25. The van der Waals surface area contributed by atoms with Gasteiger partial charge in [-0.05, 0) is 6.92 Å². The minimum atomic E-state index is -0.139. The molecule has 15 heavy (non-hydrogen) atoms. The van der Waals surface area contributed by atoms with E-state index in [9.17, 15) is 4.79 Å². The molecule has 2 atom stereocenters. The van der Waals surface area contributed by atoms with Gasteiger partial charge in [0.15, 0.2) is 0 Å². The first kappa shape index (κ1) is 12.0. The SMILES string of the molecule is CNC(=O)C1CNCCN1CC(C)C#N. The van der Waals surface area contributed by atoms with Gasteiger partial charge in [-0.2, -0.15) is 5.26 Å². The van der Waals surface area contributed by atoms with Crippen molar-refractivity contribution in [3.8, 4) is 6.07 Å². The summed E-state index contributed by atoms with van der Waals surface area (Å²) in [6.07, 6.45) is 0. The molecule has 1 aliphatic rings. The Morgan fingerprint density at radius 1 is 1.80 bits per heavy atom. The summed E-state index contributed by atoms with van der Waals surface area (Å²) in [5.41, 5.74) is 0. The second-order valence-corrected chi connectivity index (χ2v) is 3.86. The van der Waals surface area contributed by atoms with E-state index in [1.54, 1.807) is 7.05 Å². The fourth-order valence-electron chi connectivity index (χ4n) is 1.78. The summed E-state index contributed by atoms with van der Waals surface area (Å²) in [6.45, 7) is 4.91. The topological polar surface area (TPSA) is 68.2 Å². The van der Waals surface area contributed by atoms with E-state index in [0.717, 1.165) is 13.1 Å². The van der Waals surface area contributed by atoms with Crippen LogP contribution in [0.5, 0.6) is 0 Å². The number of nitrogens with one attached hydrogen (secondary N) is 2. The lowest BCUT2D eigenvalue weighted by molar-refractivity contribution is -0.126. The maximum atomic E-state index is 11.6. The molecule has 2 unspecified atom stereocenters. The van der Waals surface area contributed by atoms with Gasteiger partial charge >= 0.3 is 0 Å². The molecule has 1 saturated heterocycles. The number of carbonyl (C=O) groups excluding carboxylic acids is 1. The summed E-state index contributed by atoms with van der Waals surface area (Å²) < 4.78 is 0. The van der Waals surface area contributed by atoms with Gasteiger partial charge in [0.1, 0.15) is 6.04 Å². The van der Waals surface area contributed by atoms with Crippen molar-refractivity contribution in [3.63, 3.8) is 0 Å². The van der Waals surface area contributed by atoms with E-state index in [4.69, 9.17) is 5.26 Å². The van der Waals surface area contributed by atoms with E-state index in [2.05, 4.69) is 21.6 Å². The smallest absolute Gasteiger partial charge is 0.238 e. The maximum Gasteiger partial charge on any atom is 0.238 e. The molecule has 1 rings (SSSR count). The number of nitrogens with zero attached hydrogens (tertiary/aromatic N) is 2. The van der Waals surface area contributed by atoms with E-state index in [1.165, 1.54) is 0 Å². The molecule has 1 aliphatic heterocycles. The predicted octanol–water partition coefficient (Wildman–Crippen LogP) is -0.834. The number of likely N-dealkylation sites (N-methyl/N-ethyl adjacent to an activating group) is 1. The van der Waals surface area contributed by atoms with Gasteiger partial charge in [-0.25, -0.2) is 0 Å². The molecule has 84 valence electrons. The second-order valence-electron chi connectivity index (χ2n) is 3.86. The van der Waals surface area contributed by atoms with E-state index < -0.39 is 0 Å². The van der Waals surface area contributed by atoms with Crippen molar-refractivity contribution in [1.29, 1.82) is 5.26 Å². The van der Waals surface area contributed by atoms with Gasteiger partial charge in [0.25, 0.3) is 0 Å². The summed E-state index contributed by atoms with van der Waals surface area (Å²) in [6, 6.07) is 2.06. The van der Waals surface area contributed by atoms with Crippen LogP contribution >= 0.6 is 0 Å². The summed E-state index contributed by atoms with van der Waals surface area (Å²) in [7, 11) is 1.64. The second kappa shape index (κ2) is 5.69. The van der Waals surface area contributed by atoms with Crippen molar-refractivity contribution < 1.29 is 4.79 Å². The van der Waals surface area contributed by atoms with Crippen LogP contribution in [0.4, 0.5) is 0 Å². The van der Waals surface area contributed by atoms with E-state index in [-0.39, 0.29) is 17.9 Å². The van der Waals surface area contributed by atoms with Crippen molar-refractivity contribution in [2.45, 2.75) is 13.0 Å². The molecule has 1 fully saturated rings. The molecule has 0 spiro atoms. The Kier molecular flexibility index (Phi) is 4.53. The fraction of sp³-hybridized carbons (Fsp3) is 0.800. The molecule has 0 aromatic carbocycles. The Hall–Kier alpha value is -1.12. The van der Waals surface area contributed by atoms with Crippen LogP contribution in [0.1, 0.15) is 6.92 Å². The van der Waals surface area contributed by atoms with Crippen LogP contribution < -0.4 is 10.6 Å². The van der Waals surface area contributed by atoms with Gasteiger partial charge in [0.2, 0.25) is 5.91 Å². The zero-order chi connectivity index (χ0) is 11.3. The van der Waals surface area contributed by atoms with Gasteiger partial charge in [-0.1, -0.05) is 0 Å². The fourth-order valence-corrected chi connectivity index (χ4v) is 1.78. The normalized spacial score (nSPS) is 24.2. The monoisotopic (exact) mass is 210 g/mol. The van der Waals surface area contributed by atoms with Crippen molar-refractivity contribution in [2.75, 3.05) is 33.2 Å². The molecule has 0 saturated carbocycles. The number of hydrogen-bond acceptors (Lipinski definition) is 4. The van der Waals surface area contributed by atoms with Crippen LogP contribution in [0, 0.1) is 17.2 Å². The highest BCUT2D eigenvalue weighted by molar-refractivity contribution is 5.81. The Morgan fingerprint density at radius 2 is 2.53 bits per heavy atom. The average Bonchev–Trinajstić information content (AvgIpc) is 2.28. The van der Waals surface area contributed by atoms with Crippen molar-refractivity contribution in [3.05, 3.63) is 0 Å². The van der Waals surface area contributed by atoms with Crippen LogP contribution in [0.3, 0.4) is 0 Å². The van der Waals surface area contributed by atoms with Crippen LogP contribution in [-0.4, -0.2) is 50.1 Å². The van der Waals surface area contributed by atoms with E-state index in [0.29, 0.717) is 13.1 Å². The first-order chi connectivity index (χ1) is 7.19. The summed E-state index contributed by atoms with van der Waals surface area (Å²) in [4.78, 5) is 13.6. The van der Waals surface area contributed by atoms with Gasteiger partial charge in [-0.3, -0.25) is 9.69 Å². The average molecular weight is 210 g/mol. The molecule has 0 aromatic rings. The lowest BCUT2D eigenvalue weighted by Crippen LogP contribution is -2.58. The van der Waals surface area contributed by atoms with E-state index >= 15 is 0 Å². The number of amides is 1. The Morgan fingerprint density at radius 3 is 3.13 bits per heavy atom. The third-order valence-corrected chi connectivity index (χ3v) is 2.63. The number of rotatable bonds is 3. The van der Waals surface area contributed by atoms with Gasteiger partial charge < -0.3 is 10.6 Å². The minimum absolute atomic E-state index is 0.0207. The number of carbonyl (C=O) groups is 1. The Balaban J connectivity index is 2.58. The van der Waals surface area contributed by atoms with Gasteiger partial charge in [0.05, 0.1) is 12.0 Å². The molecule has 1 heterocycles. The van der Waals surface area contributed by atoms with Crippen molar-refractivity contribution in [1.82, 2.24) is 15.5 Å². The summed E-state index contributed by atoms with van der Waals surface area (Å²) in [5, 5.41) is 14.6. The van der Waals surface area contributed by atoms with Gasteiger partial charge in [-0.15, -0.1) is 0 Å². The predicted molar refractivity (Wildman–Crippen MR) is 57.1 cm³/mol. The Labute approximate surface area is 90.4 Å². The lowest BCUT2D eigenvalue weighted by Gasteiger charge is -2.35. The van der Waals surface area contributed by atoms with Crippen LogP contribution in [-0.2, 0) is 4.79 Å². The lowest BCUT2D eigenvalue weighted by atomic mass is 10.1. The molecular formula is C10H18N4O. The molecule has 5 heteroatoms. The zero-order valence-corrected chi connectivity index (χ0v) is 9.29. The molecule has 0 radical (unpaired) electrons. The third kappa shape index (κ3) is 3.18. The summed E-state index contributed by atoms with van der Waals surface area (Å²) >= 11 is 0. The number of nitriles is 1.